The molecule has 0 spiro atoms. The van der Waals surface area contributed by atoms with Crippen LogP contribution in [0.15, 0.2) is 6.20 Å². The lowest BCUT2D eigenvalue weighted by Gasteiger charge is -2.42. The first-order valence-electron chi connectivity index (χ1n) is 7.73. The average molecular weight is 323 g/mol. The number of aromatic nitrogens is 3. The predicted octanol–water partition coefficient (Wildman–Crippen LogP) is -0.715. The number of morpholine rings is 1. The third-order valence-corrected chi connectivity index (χ3v) is 4.57. The van der Waals surface area contributed by atoms with Gasteiger partial charge in [0.2, 0.25) is 0 Å². The summed E-state index contributed by atoms with van der Waals surface area (Å²) in [6.07, 6.45) is 2.35. The summed E-state index contributed by atoms with van der Waals surface area (Å²) in [5, 5.41) is 9.89. The second kappa shape index (κ2) is 6.63. The third-order valence-electron chi connectivity index (χ3n) is 4.57. The van der Waals surface area contributed by atoms with Gasteiger partial charge in [-0.2, -0.15) is 15.4 Å². The van der Waals surface area contributed by atoms with E-state index in [-0.39, 0.29) is 17.5 Å². The molecule has 0 bridgehead atoms. The van der Waals surface area contributed by atoms with Gasteiger partial charge in [0.15, 0.2) is 5.69 Å². The van der Waals surface area contributed by atoms with Crippen LogP contribution >= 0.6 is 0 Å². The Kier molecular flexibility index (Phi) is 4.58. The van der Waals surface area contributed by atoms with E-state index < -0.39 is 5.60 Å². The third kappa shape index (κ3) is 3.06. The lowest BCUT2D eigenvalue weighted by Crippen LogP contribution is -2.58. The number of nitrogens with one attached hydrogen (secondary N) is 1. The van der Waals surface area contributed by atoms with Crippen LogP contribution in [0.4, 0.5) is 0 Å². The van der Waals surface area contributed by atoms with E-state index in [0.29, 0.717) is 52.2 Å². The molecule has 1 aromatic heterocycles. The van der Waals surface area contributed by atoms with Gasteiger partial charge in [0.25, 0.3) is 11.8 Å². The fourth-order valence-electron chi connectivity index (χ4n) is 3.10. The van der Waals surface area contributed by atoms with E-state index in [9.17, 15) is 9.59 Å². The zero-order valence-corrected chi connectivity index (χ0v) is 13.2. The van der Waals surface area contributed by atoms with Gasteiger partial charge in [-0.3, -0.25) is 9.59 Å². The molecule has 2 fully saturated rings. The first-order valence-corrected chi connectivity index (χ1v) is 7.73. The van der Waals surface area contributed by atoms with Crippen LogP contribution in [0.2, 0.25) is 0 Å². The van der Waals surface area contributed by atoms with Crippen LogP contribution in [-0.2, 0) is 14.3 Å². The van der Waals surface area contributed by atoms with E-state index in [4.69, 9.17) is 9.47 Å². The maximum absolute atomic E-state index is 12.8. The highest BCUT2D eigenvalue weighted by Gasteiger charge is 2.45. The standard InChI is InChI=1S/C14H21N5O4/c1-22-14(13(21)19-6-8-23-9-7-19)2-4-18(5-3-14)12(20)11-10-15-17-16-11/h10H,2-9H2,1H3,(H,15,16,17). The number of piperidine rings is 1. The topological polar surface area (TPSA) is 101 Å². The van der Waals surface area contributed by atoms with Gasteiger partial charge in [0, 0.05) is 46.1 Å². The molecule has 0 atom stereocenters. The number of aromatic amines is 1. The van der Waals surface area contributed by atoms with E-state index in [1.165, 1.54) is 6.20 Å². The average Bonchev–Trinajstić information content (AvgIpc) is 3.16. The molecule has 2 amide bonds. The number of nitrogens with zero attached hydrogens (tertiary/aromatic N) is 4. The van der Waals surface area contributed by atoms with Crippen LogP contribution in [0.25, 0.3) is 0 Å². The predicted molar refractivity (Wildman–Crippen MR) is 78.7 cm³/mol. The van der Waals surface area contributed by atoms with Crippen molar-refractivity contribution in [1.82, 2.24) is 25.2 Å². The highest BCUT2D eigenvalue weighted by atomic mass is 16.5. The number of amides is 2. The molecule has 3 heterocycles. The monoisotopic (exact) mass is 323 g/mol. The molecule has 126 valence electrons. The fourth-order valence-corrected chi connectivity index (χ4v) is 3.10. The van der Waals surface area contributed by atoms with Crippen molar-refractivity contribution in [3.63, 3.8) is 0 Å². The number of H-pyrrole nitrogens is 1. The minimum Gasteiger partial charge on any atom is -0.378 e. The Morgan fingerprint density at radius 3 is 2.48 bits per heavy atom. The van der Waals surface area contributed by atoms with Gasteiger partial charge >= 0.3 is 0 Å². The van der Waals surface area contributed by atoms with Crippen molar-refractivity contribution >= 4 is 11.8 Å². The van der Waals surface area contributed by atoms with Crippen LogP contribution in [0, 0.1) is 0 Å². The summed E-state index contributed by atoms with van der Waals surface area (Å²) in [6.45, 7) is 3.20. The van der Waals surface area contributed by atoms with Gasteiger partial charge in [0.1, 0.15) is 5.60 Å². The largest absolute Gasteiger partial charge is 0.378 e. The molecule has 0 unspecified atom stereocenters. The van der Waals surface area contributed by atoms with Crippen molar-refractivity contribution in [3.8, 4) is 0 Å². The van der Waals surface area contributed by atoms with Gasteiger partial charge in [-0.1, -0.05) is 0 Å². The molecule has 3 rings (SSSR count). The van der Waals surface area contributed by atoms with Crippen molar-refractivity contribution in [2.75, 3.05) is 46.5 Å². The molecule has 1 N–H and O–H groups in total. The molecule has 1 aromatic rings. The van der Waals surface area contributed by atoms with Gasteiger partial charge in [-0.15, -0.1) is 0 Å². The summed E-state index contributed by atoms with van der Waals surface area (Å²) >= 11 is 0. The highest BCUT2D eigenvalue weighted by molar-refractivity contribution is 5.92. The van der Waals surface area contributed by atoms with Crippen LogP contribution in [0.3, 0.4) is 0 Å². The number of ether oxygens (including phenoxy) is 2. The highest BCUT2D eigenvalue weighted by Crippen LogP contribution is 2.29. The number of carbonyl (C=O) groups is 2. The maximum Gasteiger partial charge on any atom is 0.276 e. The zero-order valence-electron chi connectivity index (χ0n) is 13.2. The molecule has 2 saturated heterocycles. The summed E-state index contributed by atoms with van der Waals surface area (Å²) in [4.78, 5) is 28.6. The van der Waals surface area contributed by atoms with Crippen molar-refractivity contribution in [3.05, 3.63) is 11.9 Å². The summed E-state index contributed by atoms with van der Waals surface area (Å²) in [6, 6.07) is 0. The van der Waals surface area contributed by atoms with Crippen molar-refractivity contribution < 1.29 is 19.1 Å². The number of rotatable bonds is 3. The number of likely N-dealkylation sites (tertiary alicyclic amines) is 1. The van der Waals surface area contributed by atoms with E-state index >= 15 is 0 Å². The molecule has 0 saturated carbocycles. The van der Waals surface area contributed by atoms with Crippen molar-refractivity contribution in [2.24, 2.45) is 0 Å². The normalized spacial score (nSPS) is 21.3. The molecular weight excluding hydrogens is 302 g/mol. The Hall–Kier alpha value is -2.00. The van der Waals surface area contributed by atoms with Crippen molar-refractivity contribution in [1.29, 1.82) is 0 Å². The number of carbonyl (C=O) groups excluding carboxylic acids is 2. The zero-order chi connectivity index (χ0) is 16.3. The summed E-state index contributed by atoms with van der Waals surface area (Å²) in [5.74, 6) is -0.181. The molecule has 0 radical (unpaired) electrons. The Morgan fingerprint density at radius 2 is 1.91 bits per heavy atom. The van der Waals surface area contributed by atoms with Gasteiger partial charge < -0.3 is 19.3 Å². The molecule has 23 heavy (non-hydrogen) atoms. The maximum atomic E-state index is 12.8. The number of hydrogen-bond acceptors (Lipinski definition) is 6. The summed E-state index contributed by atoms with van der Waals surface area (Å²) in [7, 11) is 1.56. The molecule has 9 nitrogen and oxygen atoms in total. The minimum atomic E-state index is -0.849. The Bertz CT molecular complexity index is 548. The first kappa shape index (κ1) is 15.9. The lowest BCUT2D eigenvalue weighted by molar-refractivity contribution is -0.164. The van der Waals surface area contributed by atoms with E-state index in [0.717, 1.165) is 0 Å². The molecule has 0 aromatic carbocycles. The fraction of sp³-hybridized carbons (Fsp3) is 0.714. The molecule has 9 heteroatoms. The Labute approximate surface area is 133 Å². The molecule has 0 aliphatic carbocycles. The van der Waals surface area contributed by atoms with E-state index in [1.54, 1.807) is 16.9 Å². The molecule has 2 aliphatic rings. The van der Waals surface area contributed by atoms with Crippen LogP contribution in [0.5, 0.6) is 0 Å². The van der Waals surface area contributed by atoms with E-state index in [2.05, 4.69) is 15.4 Å². The van der Waals surface area contributed by atoms with Gasteiger partial charge in [-0.25, -0.2) is 0 Å². The number of hydrogen-bond donors (Lipinski definition) is 1. The minimum absolute atomic E-state index is 0.00293. The van der Waals surface area contributed by atoms with Crippen LogP contribution < -0.4 is 0 Å². The summed E-state index contributed by atoms with van der Waals surface area (Å²) in [5.41, 5.74) is -0.563. The SMILES string of the molecule is COC1(C(=O)N2CCOCC2)CCN(C(=O)c2cn[nH]n2)CC1. The first-order chi connectivity index (χ1) is 11.2. The van der Waals surface area contributed by atoms with Crippen molar-refractivity contribution in [2.45, 2.75) is 18.4 Å². The molecular formula is C14H21N5O4. The van der Waals surface area contributed by atoms with E-state index in [1.807, 2.05) is 0 Å². The Balaban J connectivity index is 1.64. The van der Waals surface area contributed by atoms with Gasteiger partial charge in [0.05, 0.1) is 19.4 Å². The Morgan fingerprint density at radius 1 is 1.22 bits per heavy atom. The second-order valence-electron chi connectivity index (χ2n) is 5.75. The quantitative estimate of drug-likeness (QED) is 0.788. The summed E-state index contributed by atoms with van der Waals surface area (Å²) < 4.78 is 10.9. The van der Waals surface area contributed by atoms with Crippen LogP contribution in [0.1, 0.15) is 23.3 Å². The number of methoxy groups -OCH3 is 1. The second-order valence-corrected chi connectivity index (χ2v) is 5.75. The van der Waals surface area contributed by atoms with Gasteiger partial charge in [-0.05, 0) is 0 Å². The smallest absolute Gasteiger partial charge is 0.276 e. The molecule has 2 aliphatic heterocycles. The lowest BCUT2D eigenvalue weighted by atomic mass is 9.89. The van der Waals surface area contributed by atoms with Crippen LogP contribution in [-0.4, -0.2) is 89.1 Å².